The number of amides is 3. The Kier molecular flexibility index (Phi) is 3.65. The number of likely N-dealkylation sites (tertiary alicyclic amines) is 1. The van der Waals surface area contributed by atoms with Gasteiger partial charge < -0.3 is 9.80 Å². The Hall–Kier alpha value is -3.36. The van der Waals surface area contributed by atoms with E-state index in [1.54, 1.807) is 32.6 Å². The number of benzene rings is 1. The fourth-order valence-corrected chi connectivity index (χ4v) is 3.86. The molecule has 0 atom stereocenters. The number of aryl methyl sites for hydroxylation is 1. The lowest BCUT2D eigenvalue weighted by Gasteiger charge is -2.38. The van der Waals surface area contributed by atoms with Gasteiger partial charge in [0.1, 0.15) is 0 Å². The molecular formula is C19H21N7O2. The molecule has 144 valence electrons. The summed E-state index contributed by atoms with van der Waals surface area (Å²) < 4.78 is 3.59. The van der Waals surface area contributed by atoms with E-state index in [1.807, 2.05) is 42.2 Å². The number of para-hydroxylation sites is 1. The molecule has 0 saturated carbocycles. The Morgan fingerprint density at radius 1 is 1.14 bits per heavy atom. The molecule has 0 bridgehead atoms. The van der Waals surface area contributed by atoms with Gasteiger partial charge in [0.15, 0.2) is 5.69 Å². The van der Waals surface area contributed by atoms with E-state index >= 15 is 0 Å². The van der Waals surface area contributed by atoms with Gasteiger partial charge in [0.25, 0.3) is 5.91 Å². The fraction of sp³-hybridized carbons (Fsp3) is 0.368. The van der Waals surface area contributed by atoms with E-state index in [2.05, 4.69) is 10.2 Å². The number of nitrogens with zero attached hydrogens (tertiary/aromatic N) is 7. The van der Waals surface area contributed by atoms with E-state index in [-0.39, 0.29) is 18.0 Å². The lowest BCUT2D eigenvalue weighted by atomic mass is 10.1. The van der Waals surface area contributed by atoms with Gasteiger partial charge in [-0.1, -0.05) is 18.2 Å². The van der Waals surface area contributed by atoms with E-state index in [0.29, 0.717) is 31.9 Å². The molecule has 3 amide bonds. The molecule has 2 aromatic heterocycles. The quantitative estimate of drug-likeness (QED) is 0.688. The summed E-state index contributed by atoms with van der Waals surface area (Å²) in [4.78, 5) is 30.2. The fourth-order valence-electron chi connectivity index (χ4n) is 3.86. The summed E-state index contributed by atoms with van der Waals surface area (Å²) in [5.74, 6) is -0.0585. The second kappa shape index (κ2) is 6.08. The molecule has 0 aliphatic carbocycles. The van der Waals surface area contributed by atoms with E-state index in [4.69, 9.17) is 0 Å². The average Bonchev–Trinajstić information content (AvgIpc) is 3.34. The molecule has 9 nitrogen and oxygen atoms in total. The summed E-state index contributed by atoms with van der Waals surface area (Å²) in [5.41, 5.74) is 2.23. The first kappa shape index (κ1) is 16.8. The maximum Gasteiger partial charge on any atom is 0.324 e. The number of urea groups is 1. The molecule has 3 aromatic rings. The zero-order chi connectivity index (χ0) is 19.4. The largest absolute Gasteiger partial charge is 0.333 e. The van der Waals surface area contributed by atoms with Crippen LogP contribution in [0.25, 0.3) is 10.9 Å². The van der Waals surface area contributed by atoms with Gasteiger partial charge in [-0.3, -0.25) is 19.1 Å². The number of aromatic nitrogens is 4. The van der Waals surface area contributed by atoms with E-state index in [1.165, 1.54) is 0 Å². The first-order valence-electron chi connectivity index (χ1n) is 9.31. The zero-order valence-corrected chi connectivity index (χ0v) is 15.8. The standard InChI is InChI=1S/C19H21N7O2/c1-22-7-8-25(19(22)28)13-9-20-26(12-13)14-10-24(11-14)18(27)17-15-5-3-4-6-16(15)23(2)21-17/h3-6,9,12,14H,7-8,10-11H2,1-2H3. The van der Waals surface area contributed by atoms with Gasteiger partial charge in [-0.05, 0) is 6.07 Å². The lowest BCUT2D eigenvalue weighted by molar-refractivity contribution is 0.0497. The maximum absolute atomic E-state index is 12.9. The predicted octanol–water partition coefficient (Wildman–Crippen LogP) is 1.34. The Bertz CT molecular complexity index is 1080. The van der Waals surface area contributed by atoms with Crippen LogP contribution in [-0.4, -0.2) is 74.5 Å². The van der Waals surface area contributed by atoms with Crippen LogP contribution in [0, 0.1) is 0 Å². The highest BCUT2D eigenvalue weighted by Crippen LogP contribution is 2.27. The topological polar surface area (TPSA) is 79.5 Å². The van der Waals surface area contributed by atoms with Crippen LogP contribution in [0.2, 0.25) is 0 Å². The van der Waals surface area contributed by atoms with Crippen molar-refractivity contribution in [2.75, 3.05) is 38.1 Å². The number of carbonyl (C=O) groups is 2. The normalized spacial score (nSPS) is 17.6. The first-order valence-corrected chi connectivity index (χ1v) is 9.31. The molecule has 0 N–H and O–H groups in total. The van der Waals surface area contributed by atoms with E-state index in [9.17, 15) is 9.59 Å². The number of hydrogen-bond acceptors (Lipinski definition) is 4. The molecular weight excluding hydrogens is 358 g/mol. The van der Waals surface area contributed by atoms with E-state index < -0.39 is 0 Å². The van der Waals surface area contributed by atoms with Gasteiger partial charge in [-0.2, -0.15) is 10.2 Å². The molecule has 1 aromatic carbocycles. The summed E-state index contributed by atoms with van der Waals surface area (Å²) >= 11 is 0. The predicted molar refractivity (Wildman–Crippen MR) is 103 cm³/mol. The zero-order valence-electron chi connectivity index (χ0n) is 15.8. The number of likely N-dealkylation sites (N-methyl/N-ethyl adjacent to an activating group) is 1. The van der Waals surface area contributed by atoms with Crippen molar-refractivity contribution in [3.63, 3.8) is 0 Å². The van der Waals surface area contributed by atoms with Crippen LogP contribution >= 0.6 is 0 Å². The highest BCUT2D eigenvalue weighted by molar-refractivity contribution is 6.05. The summed E-state index contributed by atoms with van der Waals surface area (Å²) in [6.07, 6.45) is 3.60. The molecule has 0 spiro atoms. The van der Waals surface area contributed by atoms with Crippen molar-refractivity contribution < 1.29 is 9.59 Å². The number of fused-ring (bicyclic) bond motifs is 1. The van der Waals surface area contributed by atoms with Crippen LogP contribution in [0.5, 0.6) is 0 Å². The summed E-state index contributed by atoms with van der Waals surface area (Å²) in [7, 11) is 3.64. The van der Waals surface area contributed by atoms with Gasteiger partial charge in [0.2, 0.25) is 0 Å². The van der Waals surface area contributed by atoms with Crippen molar-refractivity contribution in [2.24, 2.45) is 7.05 Å². The molecule has 2 fully saturated rings. The molecule has 0 unspecified atom stereocenters. The number of hydrogen-bond donors (Lipinski definition) is 0. The molecule has 2 aliphatic rings. The molecule has 4 heterocycles. The average molecular weight is 379 g/mol. The van der Waals surface area contributed by atoms with E-state index in [0.717, 1.165) is 16.6 Å². The van der Waals surface area contributed by atoms with Crippen molar-refractivity contribution in [3.05, 3.63) is 42.4 Å². The van der Waals surface area contributed by atoms with Crippen molar-refractivity contribution >= 4 is 28.5 Å². The highest BCUT2D eigenvalue weighted by atomic mass is 16.2. The highest BCUT2D eigenvalue weighted by Gasteiger charge is 2.35. The molecule has 28 heavy (non-hydrogen) atoms. The third-order valence-corrected chi connectivity index (χ3v) is 5.60. The maximum atomic E-state index is 12.9. The molecule has 0 radical (unpaired) electrons. The van der Waals surface area contributed by atoms with Crippen LogP contribution < -0.4 is 4.90 Å². The smallest absolute Gasteiger partial charge is 0.324 e. The number of rotatable bonds is 3. The Morgan fingerprint density at radius 3 is 2.68 bits per heavy atom. The first-order chi connectivity index (χ1) is 13.5. The van der Waals surface area contributed by atoms with Crippen molar-refractivity contribution in [1.29, 1.82) is 0 Å². The van der Waals surface area contributed by atoms with Gasteiger partial charge >= 0.3 is 6.03 Å². The van der Waals surface area contributed by atoms with Crippen molar-refractivity contribution in [1.82, 2.24) is 29.4 Å². The third-order valence-electron chi connectivity index (χ3n) is 5.60. The van der Waals surface area contributed by atoms with Crippen LogP contribution in [0.4, 0.5) is 10.5 Å². The third kappa shape index (κ3) is 2.46. The molecule has 5 rings (SSSR count). The SMILES string of the molecule is CN1CCN(c2cnn(C3CN(C(=O)c4nn(C)c5ccccc45)C3)c2)C1=O. The minimum Gasteiger partial charge on any atom is -0.333 e. The Labute approximate surface area is 161 Å². The van der Waals surface area contributed by atoms with Crippen LogP contribution in [0.3, 0.4) is 0 Å². The van der Waals surface area contributed by atoms with Crippen LogP contribution in [0.1, 0.15) is 16.5 Å². The monoisotopic (exact) mass is 379 g/mol. The second-order valence-corrected chi connectivity index (χ2v) is 7.39. The van der Waals surface area contributed by atoms with Crippen LogP contribution in [-0.2, 0) is 7.05 Å². The Balaban J connectivity index is 1.29. The minimum atomic E-state index is -0.0585. The van der Waals surface area contributed by atoms with Crippen LogP contribution in [0.15, 0.2) is 36.7 Å². The summed E-state index contributed by atoms with van der Waals surface area (Å²) in [6.45, 7) is 2.55. The molecule has 2 saturated heterocycles. The van der Waals surface area contributed by atoms with Gasteiger partial charge in [-0.25, -0.2) is 4.79 Å². The van der Waals surface area contributed by atoms with Gasteiger partial charge in [-0.15, -0.1) is 0 Å². The number of anilines is 1. The molecule has 2 aliphatic heterocycles. The van der Waals surface area contributed by atoms with Crippen molar-refractivity contribution in [2.45, 2.75) is 6.04 Å². The number of carbonyl (C=O) groups excluding carboxylic acids is 2. The van der Waals surface area contributed by atoms with Crippen molar-refractivity contribution in [3.8, 4) is 0 Å². The van der Waals surface area contributed by atoms with Gasteiger partial charge in [0, 0.05) is 51.9 Å². The lowest BCUT2D eigenvalue weighted by Crippen LogP contribution is -2.51. The molecule has 9 heteroatoms. The Morgan fingerprint density at radius 2 is 1.93 bits per heavy atom. The van der Waals surface area contributed by atoms with Gasteiger partial charge in [0.05, 0.1) is 23.4 Å². The second-order valence-electron chi connectivity index (χ2n) is 7.39. The summed E-state index contributed by atoms with van der Waals surface area (Å²) in [5, 5.41) is 9.70. The minimum absolute atomic E-state index is 0.00741. The summed E-state index contributed by atoms with van der Waals surface area (Å²) in [6, 6.07) is 7.85.